The van der Waals surface area contributed by atoms with Crippen LogP contribution in [0.5, 0.6) is 0 Å². The van der Waals surface area contributed by atoms with Gasteiger partial charge in [-0.15, -0.1) is 0 Å². The number of aryl methyl sites for hydroxylation is 3. The van der Waals surface area contributed by atoms with Crippen molar-refractivity contribution < 1.29 is 0 Å². The zero-order valence-electron chi connectivity index (χ0n) is 12.0. The molecule has 1 unspecified atom stereocenters. The fourth-order valence-corrected chi connectivity index (χ4v) is 2.88. The second-order valence-electron chi connectivity index (χ2n) is 5.00. The highest BCUT2D eigenvalue weighted by molar-refractivity contribution is 9.10. The van der Waals surface area contributed by atoms with Crippen molar-refractivity contribution in [2.45, 2.75) is 32.7 Å². The van der Waals surface area contributed by atoms with E-state index in [2.05, 4.69) is 40.9 Å². The molecule has 0 amide bonds. The number of hydrogen-bond acceptors (Lipinski definition) is 2. The Balaban J connectivity index is 2.25. The van der Waals surface area contributed by atoms with E-state index in [0.717, 1.165) is 32.9 Å². The van der Waals surface area contributed by atoms with Crippen molar-refractivity contribution in [3.8, 4) is 0 Å². The Labute approximate surface area is 133 Å². The van der Waals surface area contributed by atoms with Crippen molar-refractivity contribution in [2.24, 2.45) is 12.8 Å². The molecule has 20 heavy (non-hydrogen) atoms. The number of aromatic nitrogens is 2. The first kappa shape index (κ1) is 15.5. The Hall–Kier alpha value is -0.840. The number of benzene rings is 1. The van der Waals surface area contributed by atoms with Crippen LogP contribution in [0.4, 0.5) is 0 Å². The van der Waals surface area contributed by atoms with E-state index >= 15 is 0 Å². The summed E-state index contributed by atoms with van der Waals surface area (Å²) < 4.78 is 2.94. The van der Waals surface area contributed by atoms with Gasteiger partial charge in [-0.3, -0.25) is 4.68 Å². The van der Waals surface area contributed by atoms with Crippen molar-refractivity contribution in [1.82, 2.24) is 9.78 Å². The van der Waals surface area contributed by atoms with Crippen LogP contribution < -0.4 is 5.73 Å². The largest absolute Gasteiger partial charge is 0.324 e. The summed E-state index contributed by atoms with van der Waals surface area (Å²) in [5, 5.41) is 5.18. The van der Waals surface area contributed by atoms with Crippen LogP contribution in [0.1, 0.15) is 35.5 Å². The van der Waals surface area contributed by atoms with Crippen LogP contribution in [0.15, 0.2) is 22.7 Å². The van der Waals surface area contributed by atoms with E-state index < -0.39 is 0 Å². The first-order chi connectivity index (χ1) is 9.43. The van der Waals surface area contributed by atoms with Crippen LogP contribution in [0, 0.1) is 6.92 Å². The maximum atomic E-state index is 6.37. The quantitative estimate of drug-likeness (QED) is 0.901. The van der Waals surface area contributed by atoms with E-state index in [4.69, 9.17) is 17.3 Å². The Bertz CT molecular complexity index is 622. The number of hydrogen-bond donors (Lipinski definition) is 1. The molecular formula is C15H19BrClN3. The van der Waals surface area contributed by atoms with Crippen LogP contribution in [-0.2, 0) is 19.9 Å². The van der Waals surface area contributed by atoms with Crippen molar-refractivity contribution >= 4 is 27.5 Å². The molecular weight excluding hydrogens is 338 g/mol. The van der Waals surface area contributed by atoms with Crippen LogP contribution in [0.3, 0.4) is 0 Å². The maximum Gasteiger partial charge on any atom is 0.0850 e. The lowest BCUT2D eigenvalue weighted by Crippen LogP contribution is -2.15. The van der Waals surface area contributed by atoms with Crippen LogP contribution >= 0.6 is 27.5 Å². The molecule has 5 heteroatoms. The SMILES string of the molecule is CCc1nn(C)c(CC(N)c2ccc(Br)c(C)c2)c1Cl. The number of rotatable bonds is 4. The molecule has 0 bridgehead atoms. The molecule has 0 saturated heterocycles. The summed E-state index contributed by atoms with van der Waals surface area (Å²) in [6.45, 7) is 4.11. The molecule has 1 aromatic carbocycles. The Morgan fingerprint density at radius 1 is 1.45 bits per heavy atom. The Morgan fingerprint density at radius 3 is 2.70 bits per heavy atom. The van der Waals surface area contributed by atoms with Crippen LogP contribution in [0.25, 0.3) is 0 Å². The van der Waals surface area contributed by atoms with Gasteiger partial charge in [0.2, 0.25) is 0 Å². The number of nitrogens with zero attached hydrogens (tertiary/aromatic N) is 2. The summed E-state index contributed by atoms with van der Waals surface area (Å²) in [7, 11) is 1.92. The molecule has 3 nitrogen and oxygen atoms in total. The maximum absolute atomic E-state index is 6.37. The molecule has 2 rings (SSSR count). The lowest BCUT2D eigenvalue weighted by Gasteiger charge is -2.14. The highest BCUT2D eigenvalue weighted by Gasteiger charge is 2.17. The van der Waals surface area contributed by atoms with Crippen molar-refractivity contribution in [2.75, 3.05) is 0 Å². The molecule has 2 aromatic rings. The van der Waals surface area contributed by atoms with Gasteiger partial charge in [0.15, 0.2) is 0 Å². The minimum absolute atomic E-state index is 0.0839. The van der Waals surface area contributed by atoms with E-state index in [1.54, 1.807) is 0 Å². The summed E-state index contributed by atoms with van der Waals surface area (Å²) in [5.41, 5.74) is 10.5. The third-order valence-corrected chi connectivity index (χ3v) is 4.85. The van der Waals surface area contributed by atoms with Crippen molar-refractivity contribution in [1.29, 1.82) is 0 Å². The van der Waals surface area contributed by atoms with Gasteiger partial charge >= 0.3 is 0 Å². The third kappa shape index (κ3) is 3.08. The van der Waals surface area contributed by atoms with Gasteiger partial charge in [0.1, 0.15) is 0 Å². The van der Waals surface area contributed by atoms with E-state index in [-0.39, 0.29) is 6.04 Å². The molecule has 0 aliphatic rings. The summed E-state index contributed by atoms with van der Waals surface area (Å²) in [6, 6.07) is 6.11. The zero-order valence-corrected chi connectivity index (χ0v) is 14.3. The van der Waals surface area contributed by atoms with Gasteiger partial charge in [0, 0.05) is 24.0 Å². The lowest BCUT2D eigenvalue weighted by molar-refractivity contribution is 0.638. The van der Waals surface area contributed by atoms with Gasteiger partial charge in [0.05, 0.1) is 16.4 Å². The fraction of sp³-hybridized carbons (Fsp3) is 0.400. The van der Waals surface area contributed by atoms with Crippen molar-refractivity contribution in [3.05, 3.63) is 50.2 Å². The first-order valence-electron chi connectivity index (χ1n) is 6.65. The molecule has 0 spiro atoms. The molecule has 0 saturated carbocycles. The summed E-state index contributed by atoms with van der Waals surface area (Å²) in [5.74, 6) is 0. The minimum Gasteiger partial charge on any atom is -0.324 e. The molecule has 1 heterocycles. The third-order valence-electron chi connectivity index (χ3n) is 3.53. The highest BCUT2D eigenvalue weighted by Crippen LogP contribution is 2.27. The fourth-order valence-electron chi connectivity index (χ4n) is 2.27. The van der Waals surface area contributed by atoms with Crippen LogP contribution in [-0.4, -0.2) is 9.78 Å². The van der Waals surface area contributed by atoms with Crippen LogP contribution in [0.2, 0.25) is 5.02 Å². The molecule has 1 aromatic heterocycles. The molecule has 0 fully saturated rings. The van der Waals surface area contributed by atoms with Gasteiger partial charge in [-0.25, -0.2) is 0 Å². The van der Waals surface area contributed by atoms with Gasteiger partial charge in [0.25, 0.3) is 0 Å². The predicted octanol–water partition coefficient (Wildman–Crippen LogP) is 3.95. The van der Waals surface area contributed by atoms with Gasteiger partial charge in [-0.1, -0.05) is 46.6 Å². The number of halogens is 2. The highest BCUT2D eigenvalue weighted by atomic mass is 79.9. The van der Waals surface area contributed by atoms with Crippen molar-refractivity contribution in [3.63, 3.8) is 0 Å². The minimum atomic E-state index is -0.0839. The van der Waals surface area contributed by atoms with E-state index in [9.17, 15) is 0 Å². The molecule has 0 aliphatic carbocycles. The average molecular weight is 357 g/mol. The molecule has 0 aliphatic heterocycles. The molecule has 0 radical (unpaired) electrons. The van der Waals surface area contributed by atoms with E-state index in [1.165, 1.54) is 5.56 Å². The second-order valence-corrected chi connectivity index (χ2v) is 6.24. The first-order valence-corrected chi connectivity index (χ1v) is 7.83. The van der Waals surface area contributed by atoms with Gasteiger partial charge in [-0.2, -0.15) is 5.10 Å². The standard InChI is InChI=1S/C15H19BrClN3/c1-4-13-15(17)14(20(3)19-13)8-12(18)10-5-6-11(16)9(2)7-10/h5-7,12H,4,8,18H2,1-3H3. The van der Waals surface area contributed by atoms with Gasteiger partial charge in [-0.05, 0) is 30.5 Å². The molecule has 2 N–H and O–H groups in total. The smallest absolute Gasteiger partial charge is 0.0850 e. The Kier molecular flexibility index (Phi) is 4.89. The second kappa shape index (κ2) is 6.29. The lowest BCUT2D eigenvalue weighted by atomic mass is 10.0. The monoisotopic (exact) mass is 355 g/mol. The van der Waals surface area contributed by atoms with Gasteiger partial charge < -0.3 is 5.73 Å². The summed E-state index contributed by atoms with van der Waals surface area (Å²) in [6.07, 6.45) is 1.52. The normalized spacial score (nSPS) is 12.7. The summed E-state index contributed by atoms with van der Waals surface area (Å²) in [4.78, 5) is 0. The van der Waals surface area contributed by atoms with E-state index in [1.807, 2.05) is 23.9 Å². The number of nitrogens with two attached hydrogens (primary N) is 1. The molecule has 1 atom stereocenters. The predicted molar refractivity (Wildman–Crippen MR) is 87.1 cm³/mol. The van der Waals surface area contributed by atoms with E-state index in [0.29, 0.717) is 6.42 Å². The summed E-state index contributed by atoms with van der Waals surface area (Å²) >= 11 is 9.88. The average Bonchev–Trinajstić information content (AvgIpc) is 2.69. The molecule has 108 valence electrons. The zero-order chi connectivity index (χ0) is 14.9. The topological polar surface area (TPSA) is 43.8 Å². The Morgan fingerprint density at radius 2 is 2.15 bits per heavy atom.